The number of carbonyl (C=O) groups is 1. The fourth-order valence-electron chi connectivity index (χ4n) is 2.91. The van der Waals surface area contributed by atoms with Gasteiger partial charge in [-0.15, -0.1) is 0 Å². The van der Waals surface area contributed by atoms with Gasteiger partial charge >= 0.3 is 13.2 Å². The van der Waals surface area contributed by atoms with Gasteiger partial charge in [0.25, 0.3) is 0 Å². The van der Waals surface area contributed by atoms with Crippen molar-refractivity contribution in [1.82, 2.24) is 4.57 Å². The first-order valence-corrected chi connectivity index (χ1v) is 8.56. The molecule has 1 aromatic heterocycles. The van der Waals surface area contributed by atoms with Gasteiger partial charge in [-0.1, -0.05) is 19.9 Å². The summed E-state index contributed by atoms with van der Waals surface area (Å²) in [5.41, 5.74) is 6.88. The molecular formula is C18H27BN2O4. The Balaban J connectivity index is 2.62. The quantitative estimate of drug-likeness (QED) is 0.737. The third-order valence-corrected chi connectivity index (χ3v) is 4.51. The zero-order valence-electron chi connectivity index (χ0n) is 15.5. The third kappa shape index (κ3) is 3.89. The highest BCUT2D eigenvalue weighted by atomic mass is 16.6. The lowest BCUT2D eigenvalue weighted by Crippen LogP contribution is -2.41. The first-order chi connectivity index (χ1) is 11.5. The molecule has 0 saturated carbocycles. The number of ether oxygens (including phenoxy) is 1. The minimum absolute atomic E-state index is 0.0667. The van der Waals surface area contributed by atoms with Crippen molar-refractivity contribution in [1.29, 1.82) is 0 Å². The van der Waals surface area contributed by atoms with Gasteiger partial charge in [-0.05, 0) is 57.4 Å². The summed E-state index contributed by atoms with van der Waals surface area (Å²) in [6, 6.07) is 7.13. The van der Waals surface area contributed by atoms with E-state index in [1.165, 1.54) is 4.57 Å². The van der Waals surface area contributed by atoms with E-state index in [0.29, 0.717) is 10.9 Å². The Morgan fingerprint density at radius 3 is 2.28 bits per heavy atom. The number of rotatable bonds is 4. The number of nitrogens with two attached hydrogens (primary N) is 1. The van der Waals surface area contributed by atoms with E-state index in [2.05, 4.69) is 0 Å². The van der Waals surface area contributed by atoms with Crippen LogP contribution in [0.2, 0.25) is 0 Å². The van der Waals surface area contributed by atoms with Gasteiger partial charge in [-0.25, -0.2) is 4.79 Å². The second-order valence-corrected chi connectivity index (χ2v) is 7.40. The van der Waals surface area contributed by atoms with E-state index in [9.17, 15) is 14.8 Å². The third-order valence-electron chi connectivity index (χ3n) is 4.51. The van der Waals surface area contributed by atoms with E-state index in [1.807, 2.05) is 26.0 Å². The molecule has 0 aliphatic rings. The van der Waals surface area contributed by atoms with Gasteiger partial charge in [0, 0.05) is 10.9 Å². The molecule has 25 heavy (non-hydrogen) atoms. The molecule has 0 radical (unpaired) electrons. The zero-order valence-corrected chi connectivity index (χ0v) is 15.5. The summed E-state index contributed by atoms with van der Waals surface area (Å²) >= 11 is 0. The molecule has 2 aromatic rings. The van der Waals surface area contributed by atoms with E-state index < -0.39 is 24.4 Å². The van der Waals surface area contributed by atoms with Gasteiger partial charge in [-0.3, -0.25) is 4.57 Å². The summed E-state index contributed by atoms with van der Waals surface area (Å²) in [5, 5.41) is 20.1. The molecule has 0 spiro atoms. The minimum atomic E-state index is -1.79. The number of hydrogen-bond acceptors (Lipinski definition) is 5. The smallest absolute Gasteiger partial charge is 0.443 e. The summed E-state index contributed by atoms with van der Waals surface area (Å²) < 4.78 is 6.60. The average Bonchev–Trinajstić information content (AvgIpc) is 2.91. The lowest BCUT2D eigenvalue weighted by atomic mass is 9.84. The minimum Gasteiger partial charge on any atom is -0.443 e. The lowest BCUT2D eigenvalue weighted by Gasteiger charge is -2.27. The Hall–Kier alpha value is -1.83. The Kier molecular flexibility index (Phi) is 5.32. The Morgan fingerprint density at radius 2 is 1.80 bits per heavy atom. The van der Waals surface area contributed by atoms with Crippen LogP contribution in [0.5, 0.6) is 0 Å². The number of aromatic nitrogens is 1. The molecular weight excluding hydrogens is 319 g/mol. The van der Waals surface area contributed by atoms with Gasteiger partial charge in [0.15, 0.2) is 0 Å². The van der Waals surface area contributed by atoms with Crippen LogP contribution in [0.4, 0.5) is 4.79 Å². The van der Waals surface area contributed by atoms with Crippen molar-refractivity contribution in [2.45, 2.75) is 58.6 Å². The van der Waals surface area contributed by atoms with Crippen molar-refractivity contribution in [3.63, 3.8) is 0 Å². The summed E-state index contributed by atoms with van der Waals surface area (Å²) in [5.74, 6) is 0. The molecule has 0 atom stereocenters. The van der Waals surface area contributed by atoms with E-state index in [4.69, 9.17) is 10.5 Å². The van der Waals surface area contributed by atoms with Gasteiger partial charge in [-0.2, -0.15) is 0 Å². The molecule has 1 heterocycles. The van der Waals surface area contributed by atoms with Crippen LogP contribution >= 0.6 is 0 Å². The molecule has 0 aliphatic heterocycles. The second kappa shape index (κ2) is 6.82. The van der Waals surface area contributed by atoms with Gasteiger partial charge < -0.3 is 20.5 Å². The maximum atomic E-state index is 12.5. The number of fused-ring (bicyclic) bond motifs is 1. The lowest BCUT2D eigenvalue weighted by molar-refractivity contribution is 0.0547. The highest BCUT2D eigenvalue weighted by Crippen LogP contribution is 2.29. The van der Waals surface area contributed by atoms with Crippen molar-refractivity contribution in [2.75, 3.05) is 0 Å². The Bertz CT molecular complexity index is 773. The van der Waals surface area contributed by atoms with Crippen LogP contribution in [0.15, 0.2) is 24.3 Å². The molecule has 0 saturated heterocycles. The molecule has 0 fully saturated rings. The van der Waals surface area contributed by atoms with Crippen molar-refractivity contribution in [2.24, 2.45) is 5.73 Å². The largest absolute Gasteiger partial charge is 0.506 e. The zero-order chi connectivity index (χ0) is 19.0. The molecule has 0 bridgehead atoms. The van der Waals surface area contributed by atoms with E-state index in [-0.39, 0.29) is 5.59 Å². The molecule has 136 valence electrons. The van der Waals surface area contributed by atoms with Crippen molar-refractivity contribution < 1.29 is 19.6 Å². The summed E-state index contributed by atoms with van der Waals surface area (Å²) in [6.45, 7) is 9.34. The standard InChI is InChI=1S/C18H27BN2O4/c1-6-18(20,7-2)13-8-9-14-12(10-13)11-15(19(23)24)21(14)16(22)25-17(3,4)5/h8-11,23-24H,6-7,20H2,1-5H3. The maximum absolute atomic E-state index is 12.5. The van der Waals surface area contributed by atoms with Crippen LogP contribution in [0.25, 0.3) is 10.9 Å². The molecule has 0 amide bonds. The van der Waals surface area contributed by atoms with Crippen LogP contribution in [-0.2, 0) is 10.3 Å². The molecule has 4 N–H and O–H groups in total. The summed E-state index contributed by atoms with van der Waals surface area (Å²) in [7, 11) is -1.79. The first-order valence-electron chi connectivity index (χ1n) is 8.56. The van der Waals surface area contributed by atoms with E-state index in [1.54, 1.807) is 32.9 Å². The van der Waals surface area contributed by atoms with Gasteiger partial charge in [0.1, 0.15) is 5.60 Å². The molecule has 6 nitrogen and oxygen atoms in total. The molecule has 1 aromatic carbocycles. The van der Waals surface area contributed by atoms with Crippen LogP contribution in [0.1, 0.15) is 53.0 Å². The number of benzene rings is 1. The number of nitrogens with zero attached hydrogens (tertiary/aromatic N) is 1. The van der Waals surface area contributed by atoms with Crippen molar-refractivity contribution in [3.05, 3.63) is 29.8 Å². The van der Waals surface area contributed by atoms with Gasteiger partial charge in [0.05, 0.1) is 11.1 Å². The highest BCUT2D eigenvalue weighted by Gasteiger charge is 2.29. The van der Waals surface area contributed by atoms with Crippen molar-refractivity contribution in [3.8, 4) is 0 Å². The number of hydrogen-bond donors (Lipinski definition) is 3. The number of carbonyl (C=O) groups excluding carboxylic acids is 1. The monoisotopic (exact) mass is 346 g/mol. The summed E-state index contributed by atoms with van der Waals surface area (Å²) in [6.07, 6.45) is 0.900. The Labute approximate surface area is 148 Å². The van der Waals surface area contributed by atoms with E-state index >= 15 is 0 Å². The van der Waals surface area contributed by atoms with Crippen LogP contribution < -0.4 is 11.3 Å². The molecule has 7 heteroatoms. The predicted octanol–water partition coefficient (Wildman–Crippen LogP) is 2.08. The fraction of sp³-hybridized carbons (Fsp3) is 0.500. The summed E-state index contributed by atoms with van der Waals surface area (Å²) in [4.78, 5) is 12.5. The van der Waals surface area contributed by atoms with Crippen LogP contribution in [0, 0.1) is 0 Å². The molecule has 2 rings (SSSR count). The topological polar surface area (TPSA) is 97.7 Å². The van der Waals surface area contributed by atoms with Gasteiger partial charge in [0.2, 0.25) is 0 Å². The average molecular weight is 346 g/mol. The molecule has 0 aliphatic carbocycles. The maximum Gasteiger partial charge on any atom is 0.506 e. The SMILES string of the molecule is CCC(N)(CC)c1ccc2c(c1)cc(B(O)O)n2C(=O)OC(C)(C)C. The molecule has 0 unspecified atom stereocenters. The normalized spacial score (nSPS) is 12.5. The highest BCUT2D eigenvalue weighted by molar-refractivity contribution is 6.59. The first kappa shape index (κ1) is 19.5. The second-order valence-electron chi connectivity index (χ2n) is 7.40. The fourth-order valence-corrected chi connectivity index (χ4v) is 2.91. The predicted molar refractivity (Wildman–Crippen MR) is 99.8 cm³/mol. The Morgan fingerprint density at radius 1 is 1.20 bits per heavy atom. The van der Waals surface area contributed by atoms with Crippen LogP contribution in [0.3, 0.4) is 0 Å². The van der Waals surface area contributed by atoms with E-state index in [0.717, 1.165) is 18.4 Å². The van der Waals surface area contributed by atoms with Crippen molar-refractivity contribution >= 4 is 29.7 Å². The van der Waals surface area contributed by atoms with Crippen LogP contribution in [-0.4, -0.2) is 33.4 Å².